The zero-order valence-corrected chi connectivity index (χ0v) is 8.16. The molecule has 0 aromatic rings. The number of halogens is 3. The molecule has 0 amide bonds. The molecule has 14 heavy (non-hydrogen) atoms. The number of alkyl halides is 3. The minimum absolute atomic E-state index is 0.0293. The van der Waals surface area contributed by atoms with Gasteiger partial charge in [-0.15, -0.1) is 0 Å². The van der Waals surface area contributed by atoms with E-state index in [4.69, 9.17) is 0 Å². The molecule has 1 saturated heterocycles. The topological polar surface area (TPSA) is 12.0 Å². The van der Waals surface area contributed by atoms with Gasteiger partial charge in [0.2, 0.25) is 0 Å². The highest BCUT2D eigenvalue weighted by Gasteiger charge is 2.43. The number of hydrogen-bond donors (Lipinski definition) is 1. The molecule has 0 aromatic heterocycles. The number of piperidine rings is 1. The lowest BCUT2D eigenvalue weighted by Gasteiger charge is -2.34. The Labute approximate surface area is 82.1 Å². The summed E-state index contributed by atoms with van der Waals surface area (Å²) < 4.78 is 36.3. The Hall–Kier alpha value is -0.250. The standard InChI is InChI=1S/C10H16F3N/c11-10(12,13)4-3-9-2-1-8(5-9)6-14-7-9/h8,14H,1-7H2. The highest BCUT2D eigenvalue weighted by atomic mass is 19.4. The average molecular weight is 207 g/mol. The van der Waals surface area contributed by atoms with E-state index in [2.05, 4.69) is 5.32 Å². The van der Waals surface area contributed by atoms with Crippen LogP contribution in [0.3, 0.4) is 0 Å². The highest BCUT2D eigenvalue weighted by Crippen LogP contribution is 2.48. The van der Waals surface area contributed by atoms with Crippen molar-refractivity contribution in [1.29, 1.82) is 0 Å². The summed E-state index contributed by atoms with van der Waals surface area (Å²) >= 11 is 0. The van der Waals surface area contributed by atoms with E-state index in [-0.39, 0.29) is 5.41 Å². The molecule has 1 aliphatic heterocycles. The van der Waals surface area contributed by atoms with Crippen LogP contribution in [0.4, 0.5) is 13.2 Å². The van der Waals surface area contributed by atoms with Crippen LogP contribution in [0.15, 0.2) is 0 Å². The van der Waals surface area contributed by atoms with Crippen molar-refractivity contribution in [2.75, 3.05) is 13.1 Å². The number of hydrogen-bond acceptors (Lipinski definition) is 1. The molecular weight excluding hydrogens is 191 g/mol. The summed E-state index contributed by atoms with van der Waals surface area (Å²) in [6.07, 6.45) is -1.16. The van der Waals surface area contributed by atoms with E-state index in [1.54, 1.807) is 0 Å². The summed E-state index contributed by atoms with van der Waals surface area (Å²) in [4.78, 5) is 0. The van der Waals surface area contributed by atoms with Gasteiger partial charge >= 0.3 is 6.18 Å². The van der Waals surface area contributed by atoms with E-state index >= 15 is 0 Å². The molecule has 2 bridgehead atoms. The molecule has 2 aliphatic rings. The molecule has 2 rings (SSSR count). The maximum Gasteiger partial charge on any atom is 0.389 e. The molecule has 2 unspecified atom stereocenters. The van der Waals surface area contributed by atoms with Gasteiger partial charge in [0.1, 0.15) is 0 Å². The van der Waals surface area contributed by atoms with Gasteiger partial charge < -0.3 is 5.32 Å². The van der Waals surface area contributed by atoms with Crippen LogP contribution in [0.5, 0.6) is 0 Å². The van der Waals surface area contributed by atoms with E-state index in [0.29, 0.717) is 12.3 Å². The van der Waals surface area contributed by atoms with Crippen LogP contribution < -0.4 is 5.32 Å². The normalized spacial score (nSPS) is 37.5. The molecule has 1 aliphatic carbocycles. The second kappa shape index (κ2) is 3.40. The second-order valence-corrected chi connectivity index (χ2v) is 4.85. The molecule has 1 N–H and O–H groups in total. The van der Waals surface area contributed by atoms with Gasteiger partial charge in [-0.25, -0.2) is 0 Å². The van der Waals surface area contributed by atoms with Crippen LogP contribution >= 0.6 is 0 Å². The van der Waals surface area contributed by atoms with Crippen LogP contribution in [0.2, 0.25) is 0 Å². The maximum absolute atomic E-state index is 12.1. The SMILES string of the molecule is FC(F)(F)CCC12CCC(CNC1)C2. The van der Waals surface area contributed by atoms with Gasteiger partial charge in [-0.1, -0.05) is 0 Å². The van der Waals surface area contributed by atoms with Crippen LogP contribution in [-0.4, -0.2) is 19.3 Å². The summed E-state index contributed by atoms with van der Waals surface area (Å²) in [5, 5.41) is 3.26. The van der Waals surface area contributed by atoms with E-state index in [9.17, 15) is 13.2 Å². The fourth-order valence-electron chi connectivity index (χ4n) is 2.93. The molecule has 0 aromatic carbocycles. The Morgan fingerprint density at radius 1 is 1.36 bits per heavy atom. The highest BCUT2D eigenvalue weighted by molar-refractivity contribution is 4.95. The molecule has 82 valence electrons. The zero-order valence-electron chi connectivity index (χ0n) is 8.16. The van der Waals surface area contributed by atoms with Gasteiger partial charge in [-0.2, -0.15) is 13.2 Å². The first kappa shape index (κ1) is 10.3. The summed E-state index contributed by atoms with van der Waals surface area (Å²) in [6, 6.07) is 0. The zero-order chi connectivity index (χ0) is 10.2. The lowest BCUT2D eigenvalue weighted by atomic mass is 9.79. The van der Waals surface area contributed by atoms with Gasteiger partial charge in [0.15, 0.2) is 0 Å². The van der Waals surface area contributed by atoms with Crippen molar-refractivity contribution >= 4 is 0 Å². The van der Waals surface area contributed by atoms with Crippen molar-refractivity contribution in [3.8, 4) is 0 Å². The Morgan fingerprint density at radius 3 is 2.86 bits per heavy atom. The van der Waals surface area contributed by atoms with E-state index < -0.39 is 12.6 Å². The summed E-state index contributed by atoms with van der Waals surface area (Å²) in [5.74, 6) is 0.636. The van der Waals surface area contributed by atoms with Crippen molar-refractivity contribution < 1.29 is 13.2 Å². The third-order valence-electron chi connectivity index (χ3n) is 3.68. The predicted octanol–water partition coefficient (Wildman–Crippen LogP) is 2.72. The molecule has 0 radical (unpaired) electrons. The number of rotatable bonds is 2. The molecule has 1 nitrogen and oxygen atoms in total. The minimum Gasteiger partial charge on any atom is -0.316 e. The van der Waals surface area contributed by atoms with Crippen molar-refractivity contribution in [1.82, 2.24) is 5.32 Å². The third-order valence-corrected chi connectivity index (χ3v) is 3.68. The molecule has 0 spiro atoms. The quantitative estimate of drug-likeness (QED) is 0.734. The third kappa shape index (κ3) is 2.22. The van der Waals surface area contributed by atoms with Crippen LogP contribution in [0, 0.1) is 11.3 Å². The molecular formula is C10H16F3N. The van der Waals surface area contributed by atoms with Crippen molar-refractivity contribution in [3.63, 3.8) is 0 Å². The minimum atomic E-state index is -3.98. The van der Waals surface area contributed by atoms with Crippen molar-refractivity contribution in [3.05, 3.63) is 0 Å². The Kier molecular flexibility index (Phi) is 2.50. The van der Waals surface area contributed by atoms with Crippen LogP contribution in [0.1, 0.15) is 32.1 Å². The molecule has 1 heterocycles. The van der Waals surface area contributed by atoms with Crippen molar-refractivity contribution in [2.45, 2.75) is 38.3 Å². The lowest BCUT2D eigenvalue weighted by Crippen LogP contribution is -2.39. The predicted molar refractivity (Wildman–Crippen MR) is 47.9 cm³/mol. The van der Waals surface area contributed by atoms with Gasteiger partial charge in [-0.05, 0) is 43.6 Å². The fourth-order valence-corrected chi connectivity index (χ4v) is 2.93. The maximum atomic E-state index is 12.1. The van der Waals surface area contributed by atoms with Gasteiger partial charge in [0.05, 0.1) is 0 Å². The second-order valence-electron chi connectivity index (χ2n) is 4.85. The molecule has 1 saturated carbocycles. The molecule has 2 fully saturated rings. The van der Waals surface area contributed by atoms with E-state index in [1.807, 2.05) is 0 Å². The van der Waals surface area contributed by atoms with Crippen LogP contribution in [-0.2, 0) is 0 Å². The summed E-state index contributed by atoms with van der Waals surface area (Å²) in [5.41, 5.74) is -0.0293. The Bertz CT molecular complexity index is 210. The average Bonchev–Trinajstić information content (AvgIpc) is 2.39. The lowest BCUT2D eigenvalue weighted by molar-refractivity contribution is -0.141. The first-order valence-corrected chi connectivity index (χ1v) is 5.27. The number of fused-ring (bicyclic) bond motifs is 2. The van der Waals surface area contributed by atoms with Crippen LogP contribution in [0.25, 0.3) is 0 Å². The molecule has 4 heteroatoms. The Balaban J connectivity index is 1.90. The Morgan fingerprint density at radius 2 is 2.14 bits per heavy atom. The van der Waals surface area contributed by atoms with E-state index in [0.717, 1.165) is 32.4 Å². The van der Waals surface area contributed by atoms with Gasteiger partial charge in [-0.3, -0.25) is 0 Å². The largest absolute Gasteiger partial charge is 0.389 e. The number of nitrogens with one attached hydrogen (secondary N) is 1. The first-order valence-electron chi connectivity index (χ1n) is 5.27. The van der Waals surface area contributed by atoms with E-state index in [1.165, 1.54) is 0 Å². The van der Waals surface area contributed by atoms with Gasteiger partial charge in [0.25, 0.3) is 0 Å². The molecule has 2 atom stereocenters. The van der Waals surface area contributed by atoms with Gasteiger partial charge in [0, 0.05) is 13.0 Å². The summed E-state index contributed by atoms with van der Waals surface area (Å²) in [6.45, 7) is 1.80. The first-order chi connectivity index (χ1) is 6.49. The smallest absolute Gasteiger partial charge is 0.316 e. The van der Waals surface area contributed by atoms with Crippen molar-refractivity contribution in [2.24, 2.45) is 11.3 Å². The fraction of sp³-hybridized carbons (Fsp3) is 1.00. The monoisotopic (exact) mass is 207 g/mol. The summed E-state index contributed by atoms with van der Waals surface area (Å²) in [7, 11) is 0.